The summed E-state index contributed by atoms with van der Waals surface area (Å²) in [5.41, 5.74) is 2.69. The quantitative estimate of drug-likeness (QED) is 0.348. The van der Waals surface area contributed by atoms with E-state index in [1.54, 1.807) is 42.7 Å². The number of nitrogens with zero attached hydrogens (tertiary/aromatic N) is 2. The van der Waals surface area contributed by atoms with Gasteiger partial charge >= 0.3 is 12.1 Å². The van der Waals surface area contributed by atoms with Crippen LogP contribution in [-0.4, -0.2) is 70.6 Å². The average molecular weight is 529 g/mol. The number of anilines is 1. The van der Waals surface area contributed by atoms with Crippen molar-refractivity contribution in [1.82, 2.24) is 15.1 Å². The third kappa shape index (κ3) is 8.87. The maximum absolute atomic E-state index is 12.6. The maximum Gasteiger partial charge on any atom is 0.490 e. The smallest absolute Gasteiger partial charge is 0.490 e. The normalized spacial score (nSPS) is 11.9. The lowest BCUT2D eigenvalue weighted by atomic mass is 10.1. The van der Waals surface area contributed by atoms with Gasteiger partial charge in [0.25, 0.3) is 5.91 Å². The van der Waals surface area contributed by atoms with Crippen LogP contribution in [0.15, 0.2) is 54.9 Å². The van der Waals surface area contributed by atoms with Crippen LogP contribution in [0, 0.1) is 0 Å². The molecule has 1 amide bonds. The van der Waals surface area contributed by atoms with Gasteiger partial charge in [-0.25, -0.2) is 4.79 Å². The molecule has 3 aromatic rings. The Morgan fingerprint density at radius 3 is 2.44 bits per heavy atom. The van der Waals surface area contributed by atoms with E-state index in [0.29, 0.717) is 35.2 Å². The molecule has 194 valence electrons. The van der Waals surface area contributed by atoms with Crippen LogP contribution < -0.4 is 10.1 Å². The topological polar surface area (TPSA) is 128 Å². The van der Waals surface area contributed by atoms with E-state index in [1.165, 1.54) is 0 Å². The molecule has 0 unspecified atom stereocenters. The number of hydrogen-bond donors (Lipinski definition) is 4. The van der Waals surface area contributed by atoms with Crippen LogP contribution in [0.25, 0.3) is 11.1 Å². The summed E-state index contributed by atoms with van der Waals surface area (Å²) in [5.74, 6) is -2.81. The number of aromatic amines is 1. The minimum absolute atomic E-state index is 0.417. The highest BCUT2D eigenvalue weighted by atomic mass is 35.5. The molecule has 3 rings (SSSR count). The number of rotatable bonds is 8. The number of benzene rings is 2. The SMILES string of the molecule is CN(C)CCOc1cc(-c2cn[nH]c2)ccc1NC(=O)[C@H](O)c1cccc(Cl)c1.O=C(O)C(F)(F)F. The summed E-state index contributed by atoms with van der Waals surface area (Å²) in [6.45, 7) is 1.16. The van der Waals surface area contributed by atoms with Gasteiger partial charge in [0, 0.05) is 23.3 Å². The van der Waals surface area contributed by atoms with Crippen molar-refractivity contribution in [3.05, 3.63) is 65.4 Å². The molecule has 0 fully saturated rings. The molecule has 9 nitrogen and oxygen atoms in total. The number of amides is 1. The first kappa shape index (κ1) is 28.6. The number of aromatic nitrogens is 2. The number of carbonyl (C=O) groups is 2. The lowest BCUT2D eigenvalue weighted by Crippen LogP contribution is -2.22. The number of carboxylic acid groups (broad SMARTS) is 1. The first-order chi connectivity index (χ1) is 16.9. The molecule has 1 aromatic heterocycles. The monoisotopic (exact) mass is 528 g/mol. The lowest BCUT2D eigenvalue weighted by molar-refractivity contribution is -0.192. The van der Waals surface area contributed by atoms with Crippen LogP contribution in [0.2, 0.25) is 5.02 Å². The fourth-order valence-corrected chi connectivity index (χ4v) is 2.90. The number of aliphatic hydroxyl groups is 1. The predicted molar refractivity (Wildman–Crippen MR) is 127 cm³/mol. The molecule has 0 saturated carbocycles. The lowest BCUT2D eigenvalue weighted by Gasteiger charge is -2.17. The second-order valence-electron chi connectivity index (χ2n) is 7.60. The van der Waals surface area contributed by atoms with Gasteiger partial charge in [-0.1, -0.05) is 29.8 Å². The van der Waals surface area contributed by atoms with Crippen molar-refractivity contribution in [2.24, 2.45) is 0 Å². The molecule has 2 aromatic carbocycles. The van der Waals surface area contributed by atoms with Crippen molar-refractivity contribution >= 4 is 29.2 Å². The third-order valence-corrected chi connectivity index (χ3v) is 4.76. The minimum Gasteiger partial charge on any atom is -0.490 e. The number of alkyl halides is 3. The molecule has 36 heavy (non-hydrogen) atoms. The average Bonchev–Trinajstić information content (AvgIpc) is 3.34. The van der Waals surface area contributed by atoms with Gasteiger partial charge in [-0.3, -0.25) is 9.89 Å². The predicted octanol–water partition coefficient (Wildman–Crippen LogP) is 3.98. The summed E-state index contributed by atoms with van der Waals surface area (Å²) in [6.07, 6.45) is -2.95. The highest BCUT2D eigenvalue weighted by molar-refractivity contribution is 6.30. The van der Waals surface area contributed by atoms with Crippen molar-refractivity contribution < 1.29 is 37.7 Å². The van der Waals surface area contributed by atoms with Gasteiger partial charge < -0.3 is 25.2 Å². The van der Waals surface area contributed by atoms with Crippen LogP contribution in [-0.2, 0) is 9.59 Å². The van der Waals surface area contributed by atoms with E-state index in [-0.39, 0.29) is 0 Å². The summed E-state index contributed by atoms with van der Waals surface area (Å²) >= 11 is 5.95. The van der Waals surface area contributed by atoms with Gasteiger partial charge in [-0.05, 0) is 49.5 Å². The van der Waals surface area contributed by atoms with Crippen molar-refractivity contribution in [3.8, 4) is 16.9 Å². The first-order valence-electron chi connectivity index (χ1n) is 10.3. The summed E-state index contributed by atoms with van der Waals surface area (Å²) in [7, 11) is 3.91. The Hall–Kier alpha value is -3.61. The van der Waals surface area contributed by atoms with Crippen molar-refractivity contribution in [1.29, 1.82) is 0 Å². The number of aliphatic hydroxyl groups excluding tert-OH is 1. The summed E-state index contributed by atoms with van der Waals surface area (Å²) in [5, 5.41) is 27.5. The highest BCUT2D eigenvalue weighted by Gasteiger charge is 2.38. The number of carbonyl (C=O) groups excluding carboxylic acids is 1. The van der Waals surface area contributed by atoms with Crippen LogP contribution in [0.5, 0.6) is 5.75 Å². The van der Waals surface area contributed by atoms with Gasteiger partial charge in [-0.2, -0.15) is 18.3 Å². The number of H-pyrrole nitrogens is 1. The number of nitrogens with one attached hydrogen (secondary N) is 2. The van der Waals surface area contributed by atoms with E-state index in [4.69, 9.17) is 26.2 Å². The van der Waals surface area contributed by atoms with Gasteiger partial charge in [0.05, 0.1) is 11.9 Å². The molecule has 0 aliphatic heterocycles. The number of carboxylic acids is 1. The Labute approximate surface area is 209 Å². The molecule has 0 radical (unpaired) electrons. The van der Waals surface area contributed by atoms with Crippen LogP contribution in [0.3, 0.4) is 0 Å². The second kappa shape index (κ2) is 12.9. The summed E-state index contributed by atoms with van der Waals surface area (Å²) in [6, 6.07) is 12.0. The van der Waals surface area contributed by atoms with Gasteiger partial charge in [0.1, 0.15) is 12.4 Å². The Bertz CT molecular complexity index is 1160. The Morgan fingerprint density at radius 1 is 1.19 bits per heavy atom. The Balaban J connectivity index is 0.000000572. The Morgan fingerprint density at radius 2 is 1.89 bits per heavy atom. The molecular formula is C23H24ClF3N4O5. The molecule has 1 heterocycles. The fourth-order valence-electron chi connectivity index (χ4n) is 2.70. The van der Waals surface area contributed by atoms with Crippen LogP contribution >= 0.6 is 11.6 Å². The molecule has 1 atom stereocenters. The Kier molecular flexibility index (Phi) is 10.3. The standard InChI is InChI=1S/C21H23ClN4O3.C2HF3O2/c1-26(2)8-9-29-19-11-14(16-12-23-24-13-16)6-7-18(19)25-21(28)20(27)15-4-3-5-17(22)10-15;3-2(4,5)1(6)7/h3-7,10-13,20,27H,8-9H2,1-2H3,(H,23,24)(H,25,28);(H,6,7)/t20-;/m1./s1. The van der Waals surface area contributed by atoms with E-state index < -0.39 is 24.2 Å². The van der Waals surface area contributed by atoms with Crippen LogP contribution in [0.1, 0.15) is 11.7 Å². The van der Waals surface area contributed by atoms with E-state index in [1.807, 2.05) is 31.1 Å². The number of likely N-dealkylation sites (N-methyl/N-ethyl adjacent to an activating group) is 1. The maximum atomic E-state index is 12.6. The number of ether oxygens (including phenoxy) is 1. The second-order valence-corrected chi connectivity index (χ2v) is 8.04. The zero-order chi connectivity index (χ0) is 26.9. The number of halogens is 4. The van der Waals surface area contributed by atoms with Gasteiger partial charge in [0.15, 0.2) is 6.10 Å². The molecule has 4 N–H and O–H groups in total. The molecule has 13 heteroatoms. The van der Waals surface area contributed by atoms with E-state index >= 15 is 0 Å². The number of aliphatic carboxylic acids is 1. The van der Waals surface area contributed by atoms with E-state index in [2.05, 4.69) is 15.5 Å². The van der Waals surface area contributed by atoms with Gasteiger partial charge in [0.2, 0.25) is 0 Å². The van der Waals surface area contributed by atoms with Gasteiger partial charge in [-0.15, -0.1) is 0 Å². The molecule has 0 spiro atoms. The highest BCUT2D eigenvalue weighted by Crippen LogP contribution is 2.31. The van der Waals surface area contributed by atoms with Crippen LogP contribution in [0.4, 0.5) is 18.9 Å². The van der Waals surface area contributed by atoms with E-state index in [0.717, 1.165) is 11.1 Å². The van der Waals surface area contributed by atoms with Crippen molar-refractivity contribution in [2.75, 3.05) is 32.6 Å². The third-order valence-electron chi connectivity index (χ3n) is 4.52. The largest absolute Gasteiger partial charge is 0.490 e. The summed E-state index contributed by atoms with van der Waals surface area (Å²) < 4.78 is 37.6. The number of hydrogen-bond acceptors (Lipinski definition) is 6. The molecular weight excluding hydrogens is 505 g/mol. The van der Waals surface area contributed by atoms with E-state index in [9.17, 15) is 23.1 Å². The van der Waals surface area contributed by atoms with Crippen molar-refractivity contribution in [2.45, 2.75) is 12.3 Å². The minimum atomic E-state index is -5.08. The first-order valence-corrected chi connectivity index (χ1v) is 10.7. The zero-order valence-corrected chi connectivity index (χ0v) is 20.0. The van der Waals surface area contributed by atoms with Crippen molar-refractivity contribution in [3.63, 3.8) is 0 Å². The molecule has 0 saturated heterocycles. The molecule has 0 aliphatic carbocycles. The molecule has 0 bridgehead atoms. The molecule has 0 aliphatic rings. The fraction of sp³-hybridized carbons (Fsp3) is 0.261. The zero-order valence-electron chi connectivity index (χ0n) is 19.2. The summed E-state index contributed by atoms with van der Waals surface area (Å²) in [4.78, 5) is 23.5.